The van der Waals surface area contributed by atoms with Gasteiger partial charge in [0.1, 0.15) is 5.78 Å². The largest absolute Gasteiger partial charge is 0.304 e. The summed E-state index contributed by atoms with van der Waals surface area (Å²) in [5, 5.41) is 0. The van der Waals surface area contributed by atoms with Crippen LogP contribution in [-0.2, 0) is 11.3 Å². The third-order valence-corrected chi connectivity index (χ3v) is 5.05. The lowest BCUT2D eigenvalue weighted by Gasteiger charge is -2.19. The number of rotatable bonds is 5. The Hall–Kier alpha value is -2.42. The van der Waals surface area contributed by atoms with E-state index in [9.17, 15) is 9.59 Å². The molecule has 2 aromatic rings. The molecule has 2 aromatic carbocycles. The summed E-state index contributed by atoms with van der Waals surface area (Å²) in [5.41, 5.74) is 3.73. The highest BCUT2D eigenvalue weighted by Crippen LogP contribution is 2.30. The zero-order valence-electron chi connectivity index (χ0n) is 14.5. The number of carbonyl (C=O) groups is 2. The first-order chi connectivity index (χ1) is 11.5. The van der Waals surface area contributed by atoms with Crippen LogP contribution in [0.3, 0.4) is 0 Å². The number of hydrogen-bond donors (Lipinski definition) is 0. The molecule has 3 rings (SSSR count). The highest BCUT2D eigenvalue weighted by molar-refractivity contribution is 6.10. The first-order valence-electron chi connectivity index (χ1n) is 8.56. The molecule has 0 aromatic heterocycles. The maximum atomic E-state index is 12.5. The molecule has 1 amide bonds. The average Bonchev–Trinajstić information content (AvgIpc) is 2.97. The minimum absolute atomic E-state index is 0.0436. The van der Waals surface area contributed by atoms with E-state index in [1.54, 1.807) is 4.90 Å². The average molecular weight is 321 g/mol. The van der Waals surface area contributed by atoms with E-state index in [1.165, 1.54) is 0 Å². The molecule has 0 saturated heterocycles. The zero-order chi connectivity index (χ0) is 17.3. The Bertz CT molecular complexity index is 764. The van der Waals surface area contributed by atoms with Crippen LogP contribution in [0.1, 0.15) is 54.6 Å². The van der Waals surface area contributed by atoms with Crippen molar-refractivity contribution >= 4 is 17.4 Å². The van der Waals surface area contributed by atoms with Crippen LogP contribution in [0.5, 0.6) is 0 Å². The zero-order valence-corrected chi connectivity index (χ0v) is 14.5. The summed E-state index contributed by atoms with van der Waals surface area (Å²) in [5.74, 6) is 0.284. The molecule has 2 atom stereocenters. The molecule has 0 bridgehead atoms. The summed E-state index contributed by atoms with van der Waals surface area (Å²) in [4.78, 5) is 26.7. The van der Waals surface area contributed by atoms with E-state index in [-0.39, 0.29) is 23.5 Å². The predicted molar refractivity (Wildman–Crippen MR) is 96.3 cm³/mol. The van der Waals surface area contributed by atoms with Gasteiger partial charge in [-0.1, -0.05) is 51.1 Å². The van der Waals surface area contributed by atoms with E-state index >= 15 is 0 Å². The number of amides is 1. The second-order valence-electron chi connectivity index (χ2n) is 6.57. The fraction of sp³-hybridized carbons (Fsp3) is 0.333. The summed E-state index contributed by atoms with van der Waals surface area (Å²) in [6, 6.07) is 15.5. The molecule has 0 fully saturated rings. The molecule has 0 spiro atoms. The van der Waals surface area contributed by atoms with Gasteiger partial charge in [0.25, 0.3) is 5.91 Å². The number of fused-ring (bicyclic) bond motifs is 1. The van der Waals surface area contributed by atoms with Gasteiger partial charge in [-0.25, -0.2) is 0 Å². The topological polar surface area (TPSA) is 37.4 Å². The Morgan fingerprint density at radius 2 is 1.75 bits per heavy atom. The second kappa shape index (κ2) is 6.60. The quantitative estimate of drug-likeness (QED) is 0.809. The molecule has 3 heteroatoms. The Labute approximate surface area is 143 Å². The Balaban J connectivity index is 1.79. The van der Waals surface area contributed by atoms with Crippen LogP contribution in [0, 0.1) is 5.92 Å². The monoisotopic (exact) mass is 321 g/mol. The lowest BCUT2D eigenvalue weighted by atomic mass is 9.88. The van der Waals surface area contributed by atoms with E-state index in [4.69, 9.17) is 0 Å². The van der Waals surface area contributed by atoms with Crippen molar-refractivity contribution in [3.8, 4) is 0 Å². The molecule has 3 nitrogen and oxygen atoms in total. The van der Waals surface area contributed by atoms with E-state index in [0.29, 0.717) is 6.54 Å². The van der Waals surface area contributed by atoms with E-state index in [2.05, 4.69) is 0 Å². The van der Waals surface area contributed by atoms with Crippen molar-refractivity contribution in [2.45, 2.75) is 39.7 Å². The predicted octanol–water partition coefficient (Wildman–Crippen LogP) is 4.57. The number of benzene rings is 2. The Morgan fingerprint density at radius 3 is 2.38 bits per heavy atom. The minimum Gasteiger partial charge on any atom is -0.304 e. The van der Waals surface area contributed by atoms with Crippen LogP contribution in [0.25, 0.3) is 0 Å². The van der Waals surface area contributed by atoms with Crippen LogP contribution in [-0.4, -0.2) is 11.7 Å². The van der Waals surface area contributed by atoms with E-state index in [0.717, 1.165) is 28.8 Å². The SMILES string of the molecule is CCC(C)C(=O)C(C)c1ccc(N2Cc3ccccc3C2=O)cc1. The Kier molecular flexibility index (Phi) is 4.52. The lowest BCUT2D eigenvalue weighted by Crippen LogP contribution is -2.23. The minimum atomic E-state index is -0.111. The van der Waals surface area contributed by atoms with Crippen LogP contribution >= 0.6 is 0 Å². The molecular weight excluding hydrogens is 298 g/mol. The number of Topliss-reactive ketones (excluding diaryl/α,β-unsaturated/α-hetero) is 1. The summed E-state index contributed by atoms with van der Waals surface area (Å²) in [7, 11) is 0. The van der Waals surface area contributed by atoms with Gasteiger partial charge in [-0.2, -0.15) is 0 Å². The maximum Gasteiger partial charge on any atom is 0.258 e. The molecule has 24 heavy (non-hydrogen) atoms. The van der Waals surface area contributed by atoms with Crippen LogP contribution in [0.15, 0.2) is 48.5 Å². The van der Waals surface area contributed by atoms with Crippen molar-refractivity contribution < 1.29 is 9.59 Å². The molecule has 124 valence electrons. The van der Waals surface area contributed by atoms with Crippen molar-refractivity contribution in [1.29, 1.82) is 0 Å². The molecule has 1 aliphatic heterocycles. The van der Waals surface area contributed by atoms with Crippen LogP contribution < -0.4 is 4.90 Å². The van der Waals surface area contributed by atoms with Gasteiger partial charge in [-0.3, -0.25) is 9.59 Å². The molecule has 1 heterocycles. The third-order valence-electron chi connectivity index (χ3n) is 5.05. The number of carbonyl (C=O) groups excluding carboxylic acids is 2. The first-order valence-corrected chi connectivity index (χ1v) is 8.56. The smallest absolute Gasteiger partial charge is 0.258 e. The van der Waals surface area contributed by atoms with E-state index in [1.807, 2.05) is 69.3 Å². The van der Waals surface area contributed by atoms with Crippen LogP contribution in [0.4, 0.5) is 5.69 Å². The van der Waals surface area contributed by atoms with Crippen molar-refractivity contribution in [3.63, 3.8) is 0 Å². The molecular formula is C21H23NO2. The number of hydrogen-bond acceptors (Lipinski definition) is 2. The molecule has 0 radical (unpaired) electrons. The number of anilines is 1. The number of nitrogens with zero attached hydrogens (tertiary/aromatic N) is 1. The van der Waals surface area contributed by atoms with Gasteiger partial charge in [0, 0.05) is 23.1 Å². The molecule has 0 saturated carbocycles. The third kappa shape index (κ3) is 2.86. The number of ketones is 1. The van der Waals surface area contributed by atoms with Crippen molar-refractivity contribution in [1.82, 2.24) is 0 Å². The van der Waals surface area contributed by atoms with Gasteiger partial charge in [-0.15, -0.1) is 0 Å². The lowest BCUT2D eigenvalue weighted by molar-refractivity contribution is -0.123. The maximum absolute atomic E-state index is 12.5. The van der Waals surface area contributed by atoms with Crippen molar-refractivity contribution in [2.75, 3.05) is 4.90 Å². The second-order valence-corrected chi connectivity index (χ2v) is 6.57. The van der Waals surface area contributed by atoms with Crippen molar-refractivity contribution in [2.24, 2.45) is 5.92 Å². The standard InChI is InChI=1S/C21H23NO2/c1-4-14(2)20(23)15(3)16-9-11-18(12-10-16)22-13-17-7-5-6-8-19(17)21(22)24/h5-12,14-15H,4,13H2,1-3H3. The van der Waals surface area contributed by atoms with E-state index < -0.39 is 0 Å². The highest BCUT2D eigenvalue weighted by atomic mass is 16.2. The normalized spacial score (nSPS) is 16.0. The van der Waals surface area contributed by atoms with Gasteiger partial charge < -0.3 is 4.90 Å². The van der Waals surface area contributed by atoms with Gasteiger partial charge in [0.05, 0.1) is 6.54 Å². The summed E-state index contributed by atoms with van der Waals surface area (Å²) < 4.78 is 0. The first kappa shape index (κ1) is 16.4. The van der Waals surface area contributed by atoms with Crippen LogP contribution in [0.2, 0.25) is 0 Å². The molecule has 0 N–H and O–H groups in total. The fourth-order valence-electron chi connectivity index (χ4n) is 3.20. The Morgan fingerprint density at radius 1 is 1.08 bits per heavy atom. The van der Waals surface area contributed by atoms with Gasteiger partial charge in [0.15, 0.2) is 0 Å². The van der Waals surface area contributed by atoms with Crippen molar-refractivity contribution in [3.05, 3.63) is 65.2 Å². The van der Waals surface area contributed by atoms with Gasteiger partial charge in [0.2, 0.25) is 0 Å². The summed E-state index contributed by atoms with van der Waals surface area (Å²) in [6.45, 7) is 6.58. The molecule has 0 aliphatic carbocycles. The summed E-state index contributed by atoms with van der Waals surface area (Å²) >= 11 is 0. The molecule has 1 aliphatic rings. The van der Waals surface area contributed by atoms with Gasteiger partial charge >= 0.3 is 0 Å². The summed E-state index contributed by atoms with van der Waals surface area (Å²) in [6.07, 6.45) is 0.863. The van der Waals surface area contributed by atoms with Gasteiger partial charge in [-0.05, 0) is 35.7 Å². The highest BCUT2D eigenvalue weighted by Gasteiger charge is 2.28. The molecule has 2 unspecified atom stereocenters. The fourth-order valence-corrected chi connectivity index (χ4v) is 3.20.